The molecule has 0 saturated carbocycles. The highest BCUT2D eigenvalue weighted by Crippen LogP contribution is 2.34. The molecule has 3 aromatic rings. The van der Waals surface area contributed by atoms with Crippen LogP contribution in [0.5, 0.6) is 11.5 Å². The molecule has 0 atom stereocenters. The molecule has 1 amide bonds. The summed E-state index contributed by atoms with van der Waals surface area (Å²) in [6.45, 7) is 2.29. The van der Waals surface area contributed by atoms with E-state index in [0.717, 1.165) is 54.0 Å². The molecule has 0 bridgehead atoms. The summed E-state index contributed by atoms with van der Waals surface area (Å²) in [6.07, 6.45) is 4.60. The highest BCUT2D eigenvalue weighted by Gasteiger charge is 2.23. The van der Waals surface area contributed by atoms with Gasteiger partial charge in [-0.05, 0) is 24.5 Å². The Morgan fingerprint density at radius 2 is 1.89 bits per heavy atom. The van der Waals surface area contributed by atoms with Crippen molar-refractivity contribution in [2.24, 2.45) is 0 Å². The number of benzene rings is 2. The lowest BCUT2D eigenvalue weighted by molar-refractivity contribution is -0.119. The minimum Gasteiger partial charge on any atom is -0.489 e. The molecule has 27 heavy (non-hydrogen) atoms. The molecule has 5 rings (SSSR count). The number of hydrogen-bond donors (Lipinski definition) is 0. The number of aryl methyl sites for hydroxylation is 1. The molecular formula is C21H21N3O3. The van der Waals surface area contributed by atoms with Gasteiger partial charge in [-0.1, -0.05) is 18.2 Å². The molecule has 0 aliphatic carbocycles. The maximum absolute atomic E-state index is 13.0. The van der Waals surface area contributed by atoms with Crippen LogP contribution in [-0.2, 0) is 17.8 Å². The average molecular weight is 363 g/mol. The number of ether oxygens (including phenoxy) is 2. The van der Waals surface area contributed by atoms with Gasteiger partial charge < -0.3 is 18.9 Å². The Kier molecular flexibility index (Phi) is 3.96. The summed E-state index contributed by atoms with van der Waals surface area (Å²) in [7, 11) is 0. The first kappa shape index (κ1) is 16.2. The molecule has 0 saturated heterocycles. The Hall–Kier alpha value is -3.02. The number of carbonyl (C=O) groups is 1. The van der Waals surface area contributed by atoms with E-state index in [2.05, 4.69) is 11.1 Å². The van der Waals surface area contributed by atoms with Crippen molar-refractivity contribution in [1.82, 2.24) is 9.55 Å². The second-order valence-electron chi connectivity index (χ2n) is 6.99. The van der Waals surface area contributed by atoms with E-state index in [-0.39, 0.29) is 12.5 Å². The number of nitrogens with zero attached hydrogens (tertiary/aromatic N) is 3. The first-order valence-corrected chi connectivity index (χ1v) is 9.42. The van der Waals surface area contributed by atoms with E-state index in [9.17, 15) is 4.79 Å². The average Bonchev–Trinajstić information content (AvgIpc) is 2.93. The van der Waals surface area contributed by atoms with Gasteiger partial charge in [0.2, 0.25) is 5.91 Å². The van der Waals surface area contributed by atoms with E-state index in [0.29, 0.717) is 13.2 Å². The second-order valence-corrected chi connectivity index (χ2v) is 6.99. The SMILES string of the molecule is O=C(Cn1cnc2cc3c(cc21)OCCCO3)N1CCCc2ccccc21. The van der Waals surface area contributed by atoms with Crippen molar-refractivity contribution in [2.75, 3.05) is 24.7 Å². The molecule has 2 aromatic carbocycles. The normalized spacial score (nSPS) is 16.1. The summed E-state index contributed by atoms with van der Waals surface area (Å²) >= 11 is 0. The zero-order chi connectivity index (χ0) is 18.2. The number of aromatic nitrogens is 2. The Balaban J connectivity index is 1.45. The fourth-order valence-corrected chi connectivity index (χ4v) is 3.86. The topological polar surface area (TPSA) is 56.6 Å². The van der Waals surface area contributed by atoms with Crippen LogP contribution in [0.1, 0.15) is 18.4 Å². The molecule has 138 valence electrons. The quantitative estimate of drug-likeness (QED) is 0.702. The molecule has 0 fully saturated rings. The third-order valence-corrected chi connectivity index (χ3v) is 5.21. The van der Waals surface area contributed by atoms with Gasteiger partial charge in [-0.3, -0.25) is 4.79 Å². The van der Waals surface area contributed by atoms with Crippen molar-refractivity contribution in [3.63, 3.8) is 0 Å². The number of imidazole rings is 1. The summed E-state index contributed by atoms with van der Waals surface area (Å²) in [6, 6.07) is 12.0. The lowest BCUT2D eigenvalue weighted by atomic mass is 10.0. The van der Waals surface area contributed by atoms with Crippen LogP contribution in [0.25, 0.3) is 11.0 Å². The predicted molar refractivity (Wildman–Crippen MR) is 102 cm³/mol. The molecular weight excluding hydrogens is 342 g/mol. The van der Waals surface area contributed by atoms with Crippen LogP contribution in [0.3, 0.4) is 0 Å². The Morgan fingerprint density at radius 1 is 1.07 bits per heavy atom. The molecule has 2 aliphatic rings. The Bertz CT molecular complexity index is 1010. The second kappa shape index (κ2) is 6.61. The van der Waals surface area contributed by atoms with Crippen LogP contribution < -0.4 is 14.4 Å². The van der Waals surface area contributed by atoms with Crippen LogP contribution in [0, 0.1) is 0 Å². The van der Waals surface area contributed by atoms with Crippen molar-refractivity contribution < 1.29 is 14.3 Å². The smallest absolute Gasteiger partial charge is 0.246 e. The van der Waals surface area contributed by atoms with Gasteiger partial charge in [0.15, 0.2) is 11.5 Å². The van der Waals surface area contributed by atoms with Gasteiger partial charge in [-0.2, -0.15) is 0 Å². The van der Waals surface area contributed by atoms with Crippen LogP contribution >= 0.6 is 0 Å². The third-order valence-electron chi connectivity index (χ3n) is 5.21. The van der Waals surface area contributed by atoms with Gasteiger partial charge in [0, 0.05) is 30.8 Å². The standard InChI is InChI=1S/C21H21N3O3/c25-21(24-8-3-6-15-5-1-2-7-17(15)24)13-23-14-22-16-11-19-20(12-18(16)23)27-10-4-9-26-19/h1-2,5,7,11-12,14H,3-4,6,8-10,13H2. The van der Waals surface area contributed by atoms with E-state index in [1.54, 1.807) is 6.33 Å². The number of hydrogen-bond acceptors (Lipinski definition) is 4. The molecule has 0 unspecified atom stereocenters. The zero-order valence-corrected chi connectivity index (χ0v) is 15.1. The number of para-hydroxylation sites is 1. The predicted octanol–water partition coefficient (Wildman–Crippen LogP) is 3.18. The summed E-state index contributed by atoms with van der Waals surface area (Å²) in [5.41, 5.74) is 3.97. The lowest BCUT2D eigenvalue weighted by Crippen LogP contribution is -2.37. The first-order valence-electron chi connectivity index (χ1n) is 9.42. The highest BCUT2D eigenvalue weighted by molar-refractivity contribution is 5.95. The van der Waals surface area contributed by atoms with E-state index < -0.39 is 0 Å². The molecule has 6 heteroatoms. The maximum atomic E-state index is 13.0. The van der Waals surface area contributed by atoms with Crippen LogP contribution in [0.15, 0.2) is 42.7 Å². The van der Waals surface area contributed by atoms with E-state index in [4.69, 9.17) is 9.47 Å². The van der Waals surface area contributed by atoms with Crippen LogP contribution in [0.4, 0.5) is 5.69 Å². The highest BCUT2D eigenvalue weighted by atomic mass is 16.5. The molecule has 0 N–H and O–H groups in total. The number of amides is 1. The van der Waals surface area contributed by atoms with Gasteiger partial charge in [0.05, 0.1) is 30.6 Å². The summed E-state index contributed by atoms with van der Waals surface area (Å²) in [4.78, 5) is 19.4. The van der Waals surface area contributed by atoms with Crippen molar-refractivity contribution in [3.05, 3.63) is 48.3 Å². The maximum Gasteiger partial charge on any atom is 0.246 e. The van der Waals surface area contributed by atoms with Gasteiger partial charge in [0.1, 0.15) is 6.54 Å². The van der Waals surface area contributed by atoms with E-state index >= 15 is 0 Å². The molecule has 0 radical (unpaired) electrons. The summed E-state index contributed by atoms with van der Waals surface area (Å²) < 4.78 is 13.4. The monoisotopic (exact) mass is 363 g/mol. The molecule has 0 spiro atoms. The largest absolute Gasteiger partial charge is 0.489 e. The number of anilines is 1. The van der Waals surface area contributed by atoms with Crippen molar-refractivity contribution >= 4 is 22.6 Å². The van der Waals surface area contributed by atoms with Crippen molar-refractivity contribution in [1.29, 1.82) is 0 Å². The number of carbonyl (C=O) groups excluding carboxylic acids is 1. The summed E-state index contributed by atoms with van der Waals surface area (Å²) in [5.74, 6) is 1.52. The third kappa shape index (κ3) is 2.91. The Labute approximate surface area is 157 Å². The van der Waals surface area contributed by atoms with Gasteiger partial charge in [-0.25, -0.2) is 4.98 Å². The fraction of sp³-hybridized carbons (Fsp3) is 0.333. The summed E-state index contributed by atoms with van der Waals surface area (Å²) in [5, 5.41) is 0. The molecule has 3 heterocycles. The zero-order valence-electron chi connectivity index (χ0n) is 15.1. The van der Waals surface area contributed by atoms with Crippen molar-refractivity contribution in [2.45, 2.75) is 25.8 Å². The minimum atomic E-state index is 0.0774. The van der Waals surface area contributed by atoms with Gasteiger partial charge in [-0.15, -0.1) is 0 Å². The van der Waals surface area contributed by atoms with Gasteiger partial charge >= 0.3 is 0 Å². The molecule has 6 nitrogen and oxygen atoms in total. The van der Waals surface area contributed by atoms with Crippen molar-refractivity contribution in [3.8, 4) is 11.5 Å². The van der Waals surface area contributed by atoms with Crippen LogP contribution in [-0.4, -0.2) is 35.2 Å². The first-order chi connectivity index (χ1) is 13.3. The van der Waals surface area contributed by atoms with E-state index in [1.165, 1.54) is 5.56 Å². The fourth-order valence-electron chi connectivity index (χ4n) is 3.86. The van der Waals surface area contributed by atoms with E-state index in [1.807, 2.05) is 39.8 Å². The lowest BCUT2D eigenvalue weighted by Gasteiger charge is -2.29. The van der Waals surface area contributed by atoms with Gasteiger partial charge in [0.25, 0.3) is 0 Å². The number of rotatable bonds is 2. The van der Waals surface area contributed by atoms with Crippen LogP contribution in [0.2, 0.25) is 0 Å². The minimum absolute atomic E-state index is 0.0774. The number of fused-ring (bicyclic) bond motifs is 3. The Morgan fingerprint density at radius 3 is 2.78 bits per heavy atom. The molecule has 1 aromatic heterocycles. The molecule has 2 aliphatic heterocycles.